The van der Waals surface area contributed by atoms with Crippen molar-refractivity contribution in [3.8, 4) is 0 Å². The highest BCUT2D eigenvalue weighted by atomic mass is 16.5. The fourth-order valence-corrected chi connectivity index (χ4v) is 3.91. The molecule has 1 spiro atoms. The standard InChI is InChI=1S/C15H28N2O/c1-2-9-17(13-10-16-11-13)12-14-5-8-15(18-14)6-3-4-7-15/h13-14,16H,2-12H2,1H3. The molecule has 3 fully saturated rings. The van der Waals surface area contributed by atoms with Crippen LogP contribution in [-0.2, 0) is 4.74 Å². The van der Waals surface area contributed by atoms with E-state index in [9.17, 15) is 0 Å². The van der Waals surface area contributed by atoms with Gasteiger partial charge >= 0.3 is 0 Å². The van der Waals surface area contributed by atoms with Gasteiger partial charge < -0.3 is 10.1 Å². The van der Waals surface area contributed by atoms with Crippen LogP contribution in [0.2, 0.25) is 0 Å². The van der Waals surface area contributed by atoms with E-state index in [1.54, 1.807) is 0 Å². The first-order valence-electron chi connectivity index (χ1n) is 7.94. The molecule has 0 amide bonds. The lowest BCUT2D eigenvalue weighted by Gasteiger charge is -2.39. The highest BCUT2D eigenvalue weighted by Gasteiger charge is 2.42. The van der Waals surface area contributed by atoms with Gasteiger partial charge in [-0.1, -0.05) is 19.8 Å². The summed E-state index contributed by atoms with van der Waals surface area (Å²) in [6.07, 6.45) is 9.80. The summed E-state index contributed by atoms with van der Waals surface area (Å²) in [5, 5.41) is 3.39. The van der Waals surface area contributed by atoms with Crippen LogP contribution >= 0.6 is 0 Å². The van der Waals surface area contributed by atoms with E-state index in [4.69, 9.17) is 4.74 Å². The van der Waals surface area contributed by atoms with Gasteiger partial charge in [0.05, 0.1) is 11.7 Å². The maximum atomic E-state index is 6.44. The molecule has 2 aliphatic heterocycles. The van der Waals surface area contributed by atoms with Gasteiger partial charge in [-0.3, -0.25) is 4.90 Å². The highest BCUT2D eigenvalue weighted by Crippen LogP contribution is 2.43. The van der Waals surface area contributed by atoms with Gasteiger partial charge in [0.25, 0.3) is 0 Å². The topological polar surface area (TPSA) is 24.5 Å². The Balaban J connectivity index is 1.52. The van der Waals surface area contributed by atoms with Gasteiger partial charge in [0.2, 0.25) is 0 Å². The van der Waals surface area contributed by atoms with Crippen LogP contribution < -0.4 is 5.32 Å². The van der Waals surface area contributed by atoms with Crippen molar-refractivity contribution in [1.82, 2.24) is 10.2 Å². The quantitative estimate of drug-likeness (QED) is 0.811. The minimum absolute atomic E-state index is 0.306. The summed E-state index contributed by atoms with van der Waals surface area (Å²) in [6.45, 7) is 7.05. The number of hydrogen-bond donors (Lipinski definition) is 1. The third-order valence-electron chi connectivity index (χ3n) is 5.08. The molecule has 2 saturated heterocycles. The Labute approximate surface area is 111 Å². The molecule has 104 valence electrons. The first-order valence-corrected chi connectivity index (χ1v) is 7.94. The Morgan fingerprint density at radius 2 is 2.00 bits per heavy atom. The van der Waals surface area contributed by atoms with Crippen LogP contribution in [0, 0.1) is 0 Å². The summed E-state index contributed by atoms with van der Waals surface area (Å²) in [5.41, 5.74) is 0.306. The minimum Gasteiger partial charge on any atom is -0.370 e. The second kappa shape index (κ2) is 5.48. The molecule has 18 heavy (non-hydrogen) atoms. The number of ether oxygens (including phenoxy) is 1. The van der Waals surface area contributed by atoms with E-state index in [0.29, 0.717) is 11.7 Å². The fourth-order valence-electron chi connectivity index (χ4n) is 3.91. The first kappa shape index (κ1) is 12.9. The Morgan fingerprint density at radius 3 is 2.61 bits per heavy atom. The Kier molecular flexibility index (Phi) is 3.92. The number of nitrogens with one attached hydrogen (secondary N) is 1. The molecule has 3 heteroatoms. The molecule has 0 aromatic rings. The van der Waals surface area contributed by atoms with E-state index in [0.717, 1.165) is 6.04 Å². The molecule has 1 aliphatic carbocycles. The number of nitrogens with zero attached hydrogens (tertiary/aromatic N) is 1. The van der Waals surface area contributed by atoms with Crippen molar-refractivity contribution in [2.75, 3.05) is 26.2 Å². The Bertz CT molecular complexity index is 272. The van der Waals surface area contributed by atoms with Gasteiger partial charge in [-0.15, -0.1) is 0 Å². The van der Waals surface area contributed by atoms with Gasteiger partial charge in [-0.05, 0) is 38.6 Å². The second-order valence-electron chi connectivity index (χ2n) is 6.48. The molecule has 3 rings (SSSR count). The number of hydrogen-bond acceptors (Lipinski definition) is 3. The van der Waals surface area contributed by atoms with Crippen LogP contribution in [0.3, 0.4) is 0 Å². The van der Waals surface area contributed by atoms with Gasteiger partial charge in [0.15, 0.2) is 0 Å². The molecule has 3 nitrogen and oxygen atoms in total. The van der Waals surface area contributed by atoms with E-state index in [1.807, 2.05) is 0 Å². The van der Waals surface area contributed by atoms with Crippen molar-refractivity contribution in [2.45, 2.75) is 69.6 Å². The summed E-state index contributed by atoms with van der Waals surface area (Å²) in [4.78, 5) is 2.66. The van der Waals surface area contributed by atoms with E-state index < -0.39 is 0 Å². The van der Waals surface area contributed by atoms with E-state index in [1.165, 1.54) is 71.1 Å². The maximum absolute atomic E-state index is 6.44. The average Bonchev–Trinajstić information content (AvgIpc) is 2.88. The molecule has 0 aromatic carbocycles. The third-order valence-corrected chi connectivity index (χ3v) is 5.08. The molecule has 0 bridgehead atoms. The van der Waals surface area contributed by atoms with Crippen LogP contribution in [-0.4, -0.2) is 48.8 Å². The predicted molar refractivity (Wildman–Crippen MR) is 73.8 cm³/mol. The second-order valence-corrected chi connectivity index (χ2v) is 6.48. The van der Waals surface area contributed by atoms with Gasteiger partial charge in [0, 0.05) is 25.7 Å². The van der Waals surface area contributed by atoms with E-state index in [2.05, 4.69) is 17.1 Å². The smallest absolute Gasteiger partial charge is 0.0710 e. The molecule has 1 unspecified atom stereocenters. The molecule has 0 radical (unpaired) electrons. The summed E-state index contributed by atoms with van der Waals surface area (Å²) in [7, 11) is 0. The monoisotopic (exact) mass is 252 g/mol. The lowest BCUT2D eigenvalue weighted by molar-refractivity contribution is -0.0536. The van der Waals surface area contributed by atoms with Crippen molar-refractivity contribution >= 4 is 0 Å². The van der Waals surface area contributed by atoms with Crippen LogP contribution in [0.15, 0.2) is 0 Å². The van der Waals surface area contributed by atoms with Crippen LogP contribution in [0.4, 0.5) is 0 Å². The van der Waals surface area contributed by atoms with Crippen LogP contribution in [0.25, 0.3) is 0 Å². The summed E-state index contributed by atoms with van der Waals surface area (Å²) in [5.74, 6) is 0. The lowest BCUT2D eigenvalue weighted by atomic mass is 9.98. The van der Waals surface area contributed by atoms with Crippen molar-refractivity contribution < 1.29 is 4.74 Å². The number of rotatable bonds is 5. The minimum atomic E-state index is 0.306. The summed E-state index contributed by atoms with van der Waals surface area (Å²) >= 11 is 0. The zero-order chi connectivity index (χ0) is 12.4. The van der Waals surface area contributed by atoms with Crippen molar-refractivity contribution in [3.05, 3.63) is 0 Å². The zero-order valence-electron chi connectivity index (χ0n) is 11.8. The Morgan fingerprint density at radius 1 is 1.22 bits per heavy atom. The SMILES string of the molecule is CCCN(CC1CCC2(CCCC2)O1)C1CNC1. The van der Waals surface area contributed by atoms with Crippen molar-refractivity contribution in [3.63, 3.8) is 0 Å². The van der Waals surface area contributed by atoms with E-state index >= 15 is 0 Å². The zero-order valence-corrected chi connectivity index (χ0v) is 11.8. The molecule has 1 N–H and O–H groups in total. The lowest BCUT2D eigenvalue weighted by Crippen LogP contribution is -2.58. The van der Waals surface area contributed by atoms with Crippen molar-refractivity contribution in [2.24, 2.45) is 0 Å². The van der Waals surface area contributed by atoms with Crippen LogP contribution in [0.5, 0.6) is 0 Å². The summed E-state index contributed by atoms with van der Waals surface area (Å²) in [6, 6.07) is 0.772. The largest absolute Gasteiger partial charge is 0.370 e. The normalized spacial score (nSPS) is 31.3. The molecular weight excluding hydrogens is 224 g/mol. The van der Waals surface area contributed by atoms with Gasteiger partial charge in [0.1, 0.15) is 0 Å². The molecule has 1 atom stereocenters. The molecule has 2 heterocycles. The van der Waals surface area contributed by atoms with Gasteiger partial charge in [-0.25, -0.2) is 0 Å². The fraction of sp³-hybridized carbons (Fsp3) is 1.00. The Hall–Kier alpha value is -0.120. The molecule has 1 saturated carbocycles. The van der Waals surface area contributed by atoms with Gasteiger partial charge in [-0.2, -0.15) is 0 Å². The van der Waals surface area contributed by atoms with E-state index in [-0.39, 0.29) is 0 Å². The van der Waals surface area contributed by atoms with Crippen molar-refractivity contribution in [1.29, 1.82) is 0 Å². The predicted octanol–water partition coefficient (Wildman–Crippen LogP) is 2.16. The maximum Gasteiger partial charge on any atom is 0.0710 e. The molecule has 3 aliphatic rings. The first-order chi connectivity index (χ1) is 8.81. The molecule has 0 aromatic heterocycles. The summed E-state index contributed by atoms with van der Waals surface area (Å²) < 4.78 is 6.44. The highest BCUT2D eigenvalue weighted by molar-refractivity contribution is 4.94. The van der Waals surface area contributed by atoms with Crippen LogP contribution in [0.1, 0.15) is 51.9 Å². The molecular formula is C15H28N2O. The third kappa shape index (κ3) is 2.59. The average molecular weight is 252 g/mol.